The number of hydrogen-bond donors (Lipinski definition) is 1. The van der Waals surface area contributed by atoms with Crippen molar-refractivity contribution >= 4 is 0 Å². The Labute approximate surface area is 99.5 Å². The Bertz CT molecular complexity index is 334. The van der Waals surface area contributed by atoms with E-state index in [1.807, 2.05) is 0 Å². The fraction of sp³-hybridized carbons (Fsp3) is 0.571. The minimum Gasteiger partial charge on any atom is -0.329 e. The van der Waals surface area contributed by atoms with Crippen LogP contribution in [0.5, 0.6) is 0 Å². The summed E-state index contributed by atoms with van der Waals surface area (Å²) < 4.78 is 0. The van der Waals surface area contributed by atoms with Gasteiger partial charge in [-0.15, -0.1) is 0 Å². The highest BCUT2D eigenvalue weighted by molar-refractivity contribution is 5.30. The quantitative estimate of drug-likeness (QED) is 0.823. The third kappa shape index (κ3) is 3.62. The maximum absolute atomic E-state index is 5.65. The summed E-state index contributed by atoms with van der Waals surface area (Å²) in [6, 6.07) is 7.15. The summed E-state index contributed by atoms with van der Waals surface area (Å²) in [5.41, 5.74) is 9.83. The molecule has 0 fully saturated rings. The van der Waals surface area contributed by atoms with Crippen LogP contribution in [-0.4, -0.2) is 31.1 Å². The molecule has 0 amide bonds. The zero-order chi connectivity index (χ0) is 12.1. The summed E-state index contributed by atoms with van der Waals surface area (Å²) in [5, 5.41) is 0. The van der Waals surface area contributed by atoms with Crippen molar-refractivity contribution in [3.8, 4) is 0 Å². The van der Waals surface area contributed by atoms with Gasteiger partial charge in [-0.1, -0.05) is 23.8 Å². The second-order valence-corrected chi connectivity index (χ2v) is 4.75. The molecule has 0 aliphatic heterocycles. The van der Waals surface area contributed by atoms with Crippen molar-refractivity contribution in [1.29, 1.82) is 0 Å². The Morgan fingerprint density at radius 2 is 2.00 bits per heavy atom. The molecule has 0 heterocycles. The molecule has 16 heavy (non-hydrogen) atoms. The minimum atomic E-state index is 0.464. The summed E-state index contributed by atoms with van der Waals surface area (Å²) >= 11 is 0. The van der Waals surface area contributed by atoms with Gasteiger partial charge in [0.05, 0.1) is 0 Å². The topological polar surface area (TPSA) is 29.3 Å². The molecule has 1 atom stereocenters. The van der Waals surface area contributed by atoms with Crippen LogP contribution >= 0.6 is 0 Å². The number of nitrogens with zero attached hydrogens (tertiary/aromatic N) is 1. The highest BCUT2D eigenvalue weighted by atomic mass is 15.1. The fourth-order valence-electron chi connectivity index (χ4n) is 1.82. The van der Waals surface area contributed by atoms with Crippen molar-refractivity contribution in [1.82, 2.24) is 4.90 Å². The Hall–Kier alpha value is -0.860. The third-order valence-electron chi connectivity index (χ3n) is 3.33. The molecule has 1 aromatic carbocycles. The van der Waals surface area contributed by atoms with Crippen LogP contribution in [0.2, 0.25) is 0 Å². The molecule has 2 N–H and O–H groups in total. The summed E-state index contributed by atoms with van der Waals surface area (Å²) in [5.74, 6) is 0. The maximum atomic E-state index is 5.65. The van der Waals surface area contributed by atoms with Crippen molar-refractivity contribution in [2.24, 2.45) is 5.73 Å². The zero-order valence-corrected chi connectivity index (χ0v) is 11.0. The Morgan fingerprint density at radius 3 is 2.56 bits per heavy atom. The first-order chi connectivity index (χ1) is 7.54. The average molecular weight is 220 g/mol. The number of benzene rings is 1. The number of hydrogen-bond acceptors (Lipinski definition) is 2. The van der Waals surface area contributed by atoms with Crippen LogP contribution < -0.4 is 5.73 Å². The van der Waals surface area contributed by atoms with Gasteiger partial charge in [-0.05, 0) is 45.4 Å². The van der Waals surface area contributed by atoms with Gasteiger partial charge in [0.1, 0.15) is 0 Å². The highest BCUT2D eigenvalue weighted by Crippen LogP contribution is 2.11. The lowest BCUT2D eigenvalue weighted by molar-refractivity contribution is 0.266. The van der Waals surface area contributed by atoms with Gasteiger partial charge in [0.25, 0.3) is 0 Å². The van der Waals surface area contributed by atoms with E-state index >= 15 is 0 Å². The molecule has 0 aliphatic rings. The van der Waals surface area contributed by atoms with Gasteiger partial charge in [-0.25, -0.2) is 0 Å². The van der Waals surface area contributed by atoms with Crippen LogP contribution in [0.3, 0.4) is 0 Å². The van der Waals surface area contributed by atoms with E-state index in [-0.39, 0.29) is 0 Å². The molecule has 1 aromatic rings. The molecule has 1 unspecified atom stereocenters. The Morgan fingerprint density at radius 1 is 1.31 bits per heavy atom. The minimum absolute atomic E-state index is 0.464. The molecule has 0 spiro atoms. The summed E-state index contributed by atoms with van der Waals surface area (Å²) in [4.78, 5) is 2.32. The van der Waals surface area contributed by atoms with Crippen LogP contribution in [0.15, 0.2) is 18.2 Å². The number of aryl methyl sites for hydroxylation is 2. The smallest absolute Gasteiger partial charge is 0.0187 e. The predicted octanol–water partition coefficient (Wildman–Crippen LogP) is 2.12. The molecule has 2 nitrogen and oxygen atoms in total. The molecule has 0 aromatic heterocycles. The lowest BCUT2D eigenvalue weighted by atomic mass is 10.0. The number of rotatable bonds is 5. The van der Waals surface area contributed by atoms with E-state index < -0.39 is 0 Å². The second-order valence-electron chi connectivity index (χ2n) is 4.75. The van der Waals surface area contributed by atoms with E-state index in [2.05, 4.69) is 50.9 Å². The van der Waals surface area contributed by atoms with E-state index in [1.54, 1.807) is 0 Å². The molecule has 0 saturated heterocycles. The molecule has 0 aliphatic carbocycles. The molecular weight excluding hydrogens is 196 g/mol. The highest BCUT2D eigenvalue weighted by Gasteiger charge is 2.07. The predicted molar refractivity (Wildman–Crippen MR) is 70.8 cm³/mol. The Kier molecular flexibility index (Phi) is 4.97. The van der Waals surface area contributed by atoms with Gasteiger partial charge < -0.3 is 10.6 Å². The largest absolute Gasteiger partial charge is 0.329 e. The molecule has 1 rings (SSSR count). The van der Waals surface area contributed by atoms with Crippen LogP contribution in [0, 0.1) is 13.8 Å². The van der Waals surface area contributed by atoms with Gasteiger partial charge >= 0.3 is 0 Å². The van der Waals surface area contributed by atoms with E-state index in [9.17, 15) is 0 Å². The summed E-state index contributed by atoms with van der Waals surface area (Å²) in [6.45, 7) is 8.29. The Balaban J connectivity index is 2.54. The molecule has 0 saturated carbocycles. The van der Waals surface area contributed by atoms with Crippen LogP contribution in [0.1, 0.15) is 23.6 Å². The van der Waals surface area contributed by atoms with Crippen molar-refractivity contribution in [3.05, 3.63) is 34.9 Å². The summed E-state index contributed by atoms with van der Waals surface area (Å²) in [6.07, 6.45) is 1.10. The van der Waals surface area contributed by atoms with Gasteiger partial charge in [-0.3, -0.25) is 0 Å². The number of likely N-dealkylation sites (N-methyl/N-ethyl adjacent to an activating group) is 1. The normalized spacial score (nSPS) is 13.1. The molecule has 0 radical (unpaired) electrons. The van der Waals surface area contributed by atoms with E-state index in [1.165, 1.54) is 16.7 Å². The van der Waals surface area contributed by atoms with Crippen molar-refractivity contribution in [2.75, 3.05) is 20.1 Å². The van der Waals surface area contributed by atoms with Gasteiger partial charge in [-0.2, -0.15) is 0 Å². The van der Waals surface area contributed by atoms with Crippen LogP contribution in [-0.2, 0) is 6.42 Å². The average Bonchev–Trinajstić information content (AvgIpc) is 2.26. The van der Waals surface area contributed by atoms with Crippen LogP contribution in [0.25, 0.3) is 0 Å². The first-order valence-corrected chi connectivity index (χ1v) is 6.01. The molecule has 90 valence electrons. The van der Waals surface area contributed by atoms with Crippen molar-refractivity contribution in [3.63, 3.8) is 0 Å². The first kappa shape index (κ1) is 13.2. The van der Waals surface area contributed by atoms with Gasteiger partial charge in [0.2, 0.25) is 0 Å². The van der Waals surface area contributed by atoms with Crippen LogP contribution in [0.4, 0.5) is 0 Å². The molecule has 2 heteroatoms. The van der Waals surface area contributed by atoms with Crippen molar-refractivity contribution < 1.29 is 0 Å². The second kappa shape index (κ2) is 6.02. The first-order valence-electron chi connectivity index (χ1n) is 6.01. The summed E-state index contributed by atoms with van der Waals surface area (Å²) in [7, 11) is 2.14. The van der Waals surface area contributed by atoms with Gasteiger partial charge in [0.15, 0.2) is 0 Å². The molecular formula is C14H24N2. The van der Waals surface area contributed by atoms with E-state index in [0.717, 1.165) is 19.5 Å². The lowest BCUT2D eigenvalue weighted by Gasteiger charge is -2.23. The number of nitrogens with two attached hydrogens (primary N) is 1. The fourth-order valence-corrected chi connectivity index (χ4v) is 1.82. The van der Waals surface area contributed by atoms with E-state index in [4.69, 9.17) is 5.73 Å². The lowest BCUT2D eigenvalue weighted by Crippen LogP contribution is -2.36. The standard InChI is InChI=1S/C14H24N2/c1-11-5-6-14(12(2)9-11)7-8-16(4)13(3)10-15/h5-6,9,13H,7-8,10,15H2,1-4H3. The van der Waals surface area contributed by atoms with Gasteiger partial charge in [0, 0.05) is 19.1 Å². The third-order valence-corrected chi connectivity index (χ3v) is 3.33. The monoisotopic (exact) mass is 220 g/mol. The zero-order valence-electron chi connectivity index (χ0n) is 11.0. The molecule has 0 bridgehead atoms. The maximum Gasteiger partial charge on any atom is 0.0187 e. The SMILES string of the molecule is Cc1ccc(CCN(C)C(C)CN)c(C)c1. The van der Waals surface area contributed by atoms with E-state index in [0.29, 0.717) is 6.04 Å². The van der Waals surface area contributed by atoms with Crippen molar-refractivity contribution in [2.45, 2.75) is 33.2 Å².